The number of nitro benzene ring substituents is 1. The molecule has 0 aliphatic carbocycles. The Hall–Kier alpha value is -3.00. The quantitative estimate of drug-likeness (QED) is 0.352. The van der Waals surface area contributed by atoms with Crippen molar-refractivity contribution in [3.63, 3.8) is 0 Å². The van der Waals surface area contributed by atoms with Crippen molar-refractivity contribution in [3.8, 4) is 0 Å². The van der Waals surface area contributed by atoms with E-state index in [1.807, 2.05) is 19.9 Å². The summed E-state index contributed by atoms with van der Waals surface area (Å²) in [5.41, 5.74) is 1.96. The molecule has 142 valence electrons. The molecule has 0 saturated heterocycles. The Labute approximate surface area is 161 Å². The zero-order valence-corrected chi connectivity index (χ0v) is 15.9. The monoisotopic (exact) mass is 389 g/mol. The van der Waals surface area contributed by atoms with E-state index in [1.54, 1.807) is 19.1 Å². The summed E-state index contributed by atoms with van der Waals surface area (Å²) in [5, 5.41) is 25.1. The van der Waals surface area contributed by atoms with Crippen molar-refractivity contribution in [1.82, 2.24) is 0 Å². The van der Waals surface area contributed by atoms with Gasteiger partial charge in [-0.15, -0.1) is 10.2 Å². The van der Waals surface area contributed by atoms with Gasteiger partial charge in [0.05, 0.1) is 15.6 Å². The van der Waals surface area contributed by atoms with Gasteiger partial charge in [0, 0.05) is 30.3 Å². The van der Waals surface area contributed by atoms with Crippen LogP contribution in [0.25, 0.3) is 0 Å². The lowest BCUT2D eigenvalue weighted by Gasteiger charge is -2.13. The van der Waals surface area contributed by atoms with Gasteiger partial charge >= 0.3 is 0 Å². The van der Waals surface area contributed by atoms with E-state index in [-0.39, 0.29) is 22.7 Å². The summed E-state index contributed by atoms with van der Waals surface area (Å²) >= 11 is 6.03. The number of halogens is 1. The lowest BCUT2D eigenvalue weighted by atomic mass is 10.2. The molecule has 0 radical (unpaired) electrons. The van der Waals surface area contributed by atoms with Crippen LogP contribution in [-0.4, -0.2) is 16.9 Å². The second-order valence-corrected chi connectivity index (χ2v) is 6.43. The van der Waals surface area contributed by atoms with Crippen LogP contribution in [0.15, 0.2) is 46.6 Å². The molecule has 0 fully saturated rings. The van der Waals surface area contributed by atoms with Crippen molar-refractivity contribution in [2.75, 3.05) is 10.6 Å². The van der Waals surface area contributed by atoms with Gasteiger partial charge in [-0.3, -0.25) is 14.9 Å². The number of amides is 1. The second-order valence-electron chi connectivity index (χ2n) is 6.03. The van der Waals surface area contributed by atoms with Gasteiger partial charge in [0.2, 0.25) is 5.91 Å². The SMILES string of the molecule is CCC(=O)Nc1cc(NC(C)C)ccc1N=Nc1ccc([N+](=O)[O-])cc1Cl. The molecule has 0 aliphatic heterocycles. The molecule has 0 bridgehead atoms. The van der Waals surface area contributed by atoms with E-state index in [1.165, 1.54) is 18.2 Å². The van der Waals surface area contributed by atoms with Crippen LogP contribution in [0.4, 0.5) is 28.4 Å². The summed E-state index contributed by atoms with van der Waals surface area (Å²) in [5.74, 6) is -0.151. The van der Waals surface area contributed by atoms with Gasteiger partial charge in [-0.05, 0) is 38.1 Å². The summed E-state index contributed by atoms with van der Waals surface area (Å²) in [6, 6.07) is 9.49. The van der Waals surface area contributed by atoms with Crippen molar-refractivity contribution < 1.29 is 9.72 Å². The first-order valence-corrected chi connectivity index (χ1v) is 8.74. The van der Waals surface area contributed by atoms with Crippen LogP contribution in [0.3, 0.4) is 0 Å². The molecule has 0 unspecified atom stereocenters. The van der Waals surface area contributed by atoms with Gasteiger partial charge in [0.15, 0.2) is 0 Å². The normalized spacial score (nSPS) is 11.0. The maximum Gasteiger partial charge on any atom is 0.271 e. The summed E-state index contributed by atoms with van der Waals surface area (Å²) < 4.78 is 0. The Kier molecular flexibility index (Phi) is 6.84. The fraction of sp³-hybridized carbons (Fsp3) is 0.278. The number of nitrogens with one attached hydrogen (secondary N) is 2. The van der Waals surface area contributed by atoms with E-state index in [4.69, 9.17) is 11.6 Å². The molecule has 1 amide bonds. The molecule has 27 heavy (non-hydrogen) atoms. The lowest BCUT2D eigenvalue weighted by Crippen LogP contribution is -2.12. The number of hydrogen-bond acceptors (Lipinski definition) is 6. The molecule has 0 aromatic heterocycles. The van der Waals surface area contributed by atoms with E-state index in [0.717, 1.165) is 5.69 Å². The van der Waals surface area contributed by atoms with Crippen LogP contribution in [0.5, 0.6) is 0 Å². The smallest absolute Gasteiger partial charge is 0.271 e. The first-order chi connectivity index (χ1) is 12.8. The largest absolute Gasteiger partial charge is 0.383 e. The number of anilines is 2. The molecule has 0 aliphatic rings. The van der Waals surface area contributed by atoms with Crippen molar-refractivity contribution in [1.29, 1.82) is 0 Å². The maximum atomic E-state index is 11.8. The maximum absolute atomic E-state index is 11.8. The lowest BCUT2D eigenvalue weighted by molar-refractivity contribution is -0.384. The highest BCUT2D eigenvalue weighted by molar-refractivity contribution is 6.33. The summed E-state index contributed by atoms with van der Waals surface area (Å²) in [6.45, 7) is 5.77. The van der Waals surface area contributed by atoms with Crippen LogP contribution < -0.4 is 10.6 Å². The molecule has 2 rings (SSSR count). The molecular weight excluding hydrogens is 370 g/mol. The van der Waals surface area contributed by atoms with Crippen LogP contribution in [0, 0.1) is 10.1 Å². The first-order valence-electron chi connectivity index (χ1n) is 8.36. The summed E-state index contributed by atoms with van der Waals surface area (Å²) in [4.78, 5) is 22.0. The third kappa shape index (κ3) is 5.75. The van der Waals surface area contributed by atoms with Gasteiger partial charge in [-0.1, -0.05) is 18.5 Å². The first kappa shape index (κ1) is 20.3. The fourth-order valence-electron chi connectivity index (χ4n) is 2.18. The highest BCUT2D eigenvalue weighted by Gasteiger charge is 2.11. The Morgan fingerprint density at radius 2 is 1.85 bits per heavy atom. The topological polar surface area (TPSA) is 109 Å². The molecule has 9 heteroatoms. The highest BCUT2D eigenvalue weighted by atomic mass is 35.5. The Morgan fingerprint density at radius 3 is 2.44 bits per heavy atom. The van der Waals surface area contributed by atoms with Gasteiger partial charge in [0.1, 0.15) is 11.4 Å². The minimum absolute atomic E-state index is 0.116. The summed E-state index contributed by atoms with van der Waals surface area (Å²) in [7, 11) is 0. The standard InChI is InChI=1S/C18H20ClN5O3/c1-4-18(25)21-17-9-12(20-11(2)3)5-7-16(17)23-22-15-8-6-13(24(26)27)10-14(15)19/h5-11,20H,4H2,1-3H3,(H,21,25). The van der Waals surface area contributed by atoms with E-state index in [0.29, 0.717) is 23.5 Å². The predicted octanol–water partition coefficient (Wildman–Crippen LogP) is 5.83. The third-order valence-electron chi connectivity index (χ3n) is 3.45. The number of benzene rings is 2. The van der Waals surface area contributed by atoms with Crippen molar-refractivity contribution in [2.45, 2.75) is 33.2 Å². The second kappa shape index (κ2) is 9.09. The van der Waals surface area contributed by atoms with Gasteiger partial charge < -0.3 is 10.6 Å². The van der Waals surface area contributed by atoms with Gasteiger partial charge in [0.25, 0.3) is 5.69 Å². The summed E-state index contributed by atoms with van der Waals surface area (Å²) in [6.07, 6.45) is 0.326. The molecule has 8 nitrogen and oxygen atoms in total. The molecular formula is C18H20ClN5O3. The number of carbonyl (C=O) groups is 1. The Bertz CT molecular complexity index is 883. The number of nitrogens with zero attached hydrogens (tertiary/aromatic N) is 3. The minimum Gasteiger partial charge on any atom is -0.383 e. The average Bonchev–Trinajstić information content (AvgIpc) is 2.61. The molecule has 0 spiro atoms. The van der Waals surface area contributed by atoms with E-state index in [2.05, 4.69) is 20.9 Å². The van der Waals surface area contributed by atoms with Crippen molar-refractivity contribution in [3.05, 3.63) is 51.5 Å². The van der Waals surface area contributed by atoms with Gasteiger partial charge in [-0.2, -0.15) is 0 Å². The number of azo groups is 1. The molecule has 2 aromatic rings. The minimum atomic E-state index is -0.536. The number of carbonyl (C=O) groups excluding carboxylic acids is 1. The highest BCUT2D eigenvalue weighted by Crippen LogP contribution is 2.33. The van der Waals surface area contributed by atoms with Gasteiger partial charge in [-0.25, -0.2) is 0 Å². The molecule has 2 aromatic carbocycles. The average molecular weight is 390 g/mol. The molecule has 0 heterocycles. The molecule has 2 N–H and O–H groups in total. The van der Waals surface area contributed by atoms with Crippen LogP contribution in [0.1, 0.15) is 27.2 Å². The van der Waals surface area contributed by atoms with E-state index < -0.39 is 4.92 Å². The Morgan fingerprint density at radius 1 is 1.19 bits per heavy atom. The number of hydrogen-bond donors (Lipinski definition) is 2. The Balaban J connectivity index is 2.34. The molecule has 0 atom stereocenters. The van der Waals surface area contributed by atoms with E-state index >= 15 is 0 Å². The van der Waals surface area contributed by atoms with Crippen LogP contribution in [0.2, 0.25) is 5.02 Å². The molecule has 0 saturated carbocycles. The number of nitro groups is 1. The van der Waals surface area contributed by atoms with E-state index in [9.17, 15) is 14.9 Å². The number of non-ortho nitro benzene ring substituents is 1. The third-order valence-corrected chi connectivity index (χ3v) is 3.76. The fourth-order valence-corrected chi connectivity index (χ4v) is 2.40. The van der Waals surface area contributed by atoms with Crippen molar-refractivity contribution in [2.24, 2.45) is 10.2 Å². The van der Waals surface area contributed by atoms with Crippen molar-refractivity contribution >= 4 is 45.9 Å². The van der Waals surface area contributed by atoms with Crippen LogP contribution in [-0.2, 0) is 4.79 Å². The number of rotatable bonds is 7. The predicted molar refractivity (Wildman–Crippen MR) is 106 cm³/mol. The zero-order valence-electron chi connectivity index (χ0n) is 15.2. The zero-order chi connectivity index (χ0) is 20.0. The van der Waals surface area contributed by atoms with Crippen LogP contribution >= 0.6 is 11.6 Å².